The van der Waals surface area contributed by atoms with E-state index in [2.05, 4.69) is 45.0 Å². The summed E-state index contributed by atoms with van der Waals surface area (Å²) in [4.78, 5) is 0. The van der Waals surface area contributed by atoms with Crippen LogP contribution in [0.5, 0.6) is 0 Å². The lowest BCUT2D eigenvalue weighted by Crippen LogP contribution is -2.57. The van der Waals surface area contributed by atoms with E-state index in [1.54, 1.807) is 0 Å². The summed E-state index contributed by atoms with van der Waals surface area (Å²) in [5.41, 5.74) is 2.43. The molecule has 3 fully saturated rings. The van der Waals surface area contributed by atoms with E-state index in [-0.39, 0.29) is 5.41 Å². The van der Waals surface area contributed by atoms with Gasteiger partial charge in [0.05, 0.1) is 19.8 Å². The van der Waals surface area contributed by atoms with Crippen molar-refractivity contribution in [1.82, 2.24) is 0 Å². The van der Waals surface area contributed by atoms with Crippen LogP contribution >= 0.6 is 0 Å². The molecule has 0 unspecified atom stereocenters. The number of hydrogen-bond donors (Lipinski definition) is 0. The average molecular weight is 304 g/mol. The molecule has 114 valence electrons. The molecule has 4 rings (SSSR count). The lowest BCUT2D eigenvalue weighted by atomic mass is 9.91. The fourth-order valence-corrected chi connectivity index (χ4v) is 5.18. The summed E-state index contributed by atoms with van der Waals surface area (Å²) in [6, 6.07) is 8.61. The number of rotatable bonds is 5. The van der Waals surface area contributed by atoms with Crippen molar-refractivity contribution in [3.05, 3.63) is 35.4 Å². The van der Waals surface area contributed by atoms with Crippen LogP contribution in [-0.2, 0) is 25.5 Å². The van der Waals surface area contributed by atoms with E-state index < -0.39 is 20.1 Å². The molecule has 0 aromatic heterocycles. The highest BCUT2D eigenvalue weighted by Gasteiger charge is 2.51. The van der Waals surface area contributed by atoms with Gasteiger partial charge in [0, 0.05) is 11.0 Å². The van der Waals surface area contributed by atoms with Crippen LogP contribution in [0.3, 0.4) is 0 Å². The Kier molecular flexibility index (Phi) is 4.45. The normalized spacial score (nSPS) is 31.4. The Morgan fingerprint density at radius 3 is 2.24 bits per heavy atom. The van der Waals surface area contributed by atoms with Crippen molar-refractivity contribution in [3.63, 3.8) is 0 Å². The minimum atomic E-state index is -0.955. The molecule has 21 heavy (non-hydrogen) atoms. The van der Waals surface area contributed by atoms with Crippen molar-refractivity contribution in [2.75, 3.05) is 19.8 Å². The maximum atomic E-state index is 5.93. The Morgan fingerprint density at radius 1 is 1.05 bits per heavy atom. The maximum absolute atomic E-state index is 5.93. The number of ether oxygens (including phenoxy) is 3. The van der Waals surface area contributed by atoms with E-state index in [1.807, 2.05) is 0 Å². The molecule has 1 aromatic carbocycles. The number of benzene rings is 1. The molecule has 0 amide bonds. The fraction of sp³-hybridized carbons (Fsp3) is 0.647. The Bertz CT molecular complexity index is 474. The second-order valence-electron chi connectivity index (χ2n) is 6.82. The van der Waals surface area contributed by atoms with Gasteiger partial charge in [-0.15, -0.1) is 0 Å². The van der Waals surface area contributed by atoms with Gasteiger partial charge in [-0.3, -0.25) is 0 Å². The summed E-state index contributed by atoms with van der Waals surface area (Å²) in [7, 11) is 0. The van der Waals surface area contributed by atoms with Gasteiger partial charge in [-0.25, -0.2) is 0 Å². The molecule has 1 aromatic rings. The fourth-order valence-electron chi connectivity index (χ4n) is 3.11. The van der Waals surface area contributed by atoms with E-state index in [4.69, 9.17) is 14.2 Å². The van der Waals surface area contributed by atoms with E-state index >= 15 is 0 Å². The monoisotopic (exact) mass is 304 g/mol. The Morgan fingerprint density at radius 2 is 1.67 bits per heavy atom. The highest BCUT2D eigenvalue weighted by Crippen LogP contribution is 2.44. The smallest absolute Gasteiger partial charge is 0.312 e. The molecule has 3 saturated heterocycles. The summed E-state index contributed by atoms with van der Waals surface area (Å²) < 4.78 is 17.8. The first-order valence-electron chi connectivity index (χ1n) is 8.10. The third-order valence-corrected chi connectivity index (χ3v) is 8.15. The van der Waals surface area contributed by atoms with Crippen molar-refractivity contribution in [1.29, 1.82) is 0 Å². The van der Waals surface area contributed by atoms with Gasteiger partial charge in [-0.2, -0.15) is 0 Å². The van der Waals surface area contributed by atoms with Crippen molar-refractivity contribution >= 4 is 14.1 Å². The molecule has 3 aliphatic rings. The van der Waals surface area contributed by atoms with Crippen LogP contribution in [0.4, 0.5) is 0 Å². The second-order valence-corrected chi connectivity index (χ2v) is 10.6. The quantitative estimate of drug-likeness (QED) is 0.779. The summed E-state index contributed by atoms with van der Waals surface area (Å²) >= 11 is -0.637. The summed E-state index contributed by atoms with van der Waals surface area (Å²) in [6.07, 6.45) is 0. The molecule has 0 radical (unpaired) electrons. The van der Waals surface area contributed by atoms with E-state index in [9.17, 15) is 0 Å². The van der Waals surface area contributed by atoms with Crippen LogP contribution in [0.15, 0.2) is 24.3 Å². The van der Waals surface area contributed by atoms with Crippen LogP contribution < -0.4 is 0 Å². The van der Waals surface area contributed by atoms with Crippen LogP contribution in [0.25, 0.3) is 0 Å². The summed E-state index contributed by atoms with van der Waals surface area (Å²) in [5.74, 6) is -0.955. The minimum Gasteiger partial charge on any atom is -0.323 e. The Labute approximate surface area is 132 Å². The van der Waals surface area contributed by atoms with E-state index in [0.717, 1.165) is 5.56 Å². The molecule has 0 aliphatic carbocycles. The van der Waals surface area contributed by atoms with Gasteiger partial charge >= 0.3 is 5.97 Å². The van der Waals surface area contributed by atoms with Crippen molar-refractivity contribution in [2.24, 2.45) is 5.41 Å². The minimum absolute atomic E-state index is 0.0157. The van der Waals surface area contributed by atoms with Gasteiger partial charge in [0.2, 0.25) is 0 Å². The van der Waals surface area contributed by atoms with Crippen molar-refractivity contribution in [3.8, 4) is 0 Å². The van der Waals surface area contributed by atoms with Gasteiger partial charge in [0.15, 0.2) is 0 Å². The largest absolute Gasteiger partial charge is 0.323 e. The standard InChI is InChI=1S/C13H15O3.2C2H5.Al/c1-10-4-3-5-11(6-10)13-14-7-12(2,8-15-13)9-16-13;2*1-2;/h3-6H,1,7-9H2,2H3;2*1H2,2H3;. The zero-order valence-corrected chi connectivity index (χ0v) is 14.5. The lowest BCUT2D eigenvalue weighted by Gasteiger charge is -2.50. The van der Waals surface area contributed by atoms with Crippen molar-refractivity contribution in [2.45, 2.75) is 42.6 Å². The van der Waals surface area contributed by atoms with Crippen molar-refractivity contribution < 1.29 is 14.2 Å². The zero-order chi connectivity index (χ0) is 14.9. The topological polar surface area (TPSA) is 27.7 Å². The van der Waals surface area contributed by atoms with Gasteiger partial charge in [0.1, 0.15) is 0 Å². The molecular weight excluding hydrogens is 279 g/mol. The number of hydrogen-bond acceptors (Lipinski definition) is 3. The average Bonchev–Trinajstić information content (AvgIpc) is 2.54. The SMILES string of the molecule is C[CH2][Al]([CH2]C)[CH2]c1cccc(C23OCC(C)(CO2)CO3)c1. The van der Waals surface area contributed by atoms with Crippen LogP contribution in [0.1, 0.15) is 31.9 Å². The summed E-state index contributed by atoms with van der Waals surface area (Å²) in [5, 5.41) is 3.95. The molecule has 0 saturated carbocycles. The third-order valence-electron chi connectivity index (χ3n) is 4.79. The molecule has 4 heteroatoms. The zero-order valence-electron chi connectivity index (χ0n) is 13.4. The molecule has 0 spiro atoms. The highest BCUT2D eigenvalue weighted by atomic mass is 27.2. The van der Waals surface area contributed by atoms with Gasteiger partial charge < -0.3 is 14.2 Å². The van der Waals surface area contributed by atoms with E-state index in [0.29, 0.717) is 19.8 Å². The molecule has 2 bridgehead atoms. The first-order valence-corrected chi connectivity index (χ1v) is 10.6. The van der Waals surface area contributed by atoms with E-state index in [1.165, 1.54) is 21.4 Å². The molecule has 3 aliphatic heterocycles. The molecule has 0 atom stereocenters. The molecular formula is C17H25AlO3. The van der Waals surface area contributed by atoms with Crippen LogP contribution in [-0.4, -0.2) is 34.0 Å². The Hall–Kier alpha value is -0.368. The third kappa shape index (κ3) is 3.06. The van der Waals surface area contributed by atoms with Crippen LogP contribution in [0.2, 0.25) is 10.6 Å². The second kappa shape index (κ2) is 6.03. The number of fused-ring (bicyclic) bond motifs is 3. The maximum Gasteiger partial charge on any atom is 0.312 e. The van der Waals surface area contributed by atoms with Crippen LogP contribution in [0, 0.1) is 5.41 Å². The first kappa shape index (κ1) is 15.5. The molecule has 3 heterocycles. The molecule has 0 N–H and O–H groups in total. The van der Waals surface area contributed by atoms with Gasteiger partial charge in [0.25, 0.3) is 14.1 Å². The highest BCUT2D eigenvalue weighted by molar-refractivity contribution is 6.58. The van der Waals surface area contributed by atoms with Gasteiger partial charge in [-0.1, -0.05) is 60.4 Å². The predicted octanol–water partition coefficient (Wildman–Crippen LogP) is 3.50. The lowest BCUT2D eigenvalue weighted by molar-refractivity contribution is -0.477. The predicted molar refractivity (Wildman–Crippen MR) is 84.5 cm³/mol. The van der Waals surface area contributed by atoms with Gasteiger partial charge in [-0.05, 0) is 6.07 Å². The Balaban J connectivity index is 1.80. The molecule has 3 nitrogen and oxygen atoms in total. The summed E-state index contributed by atoms with van der Waals surface area (Å²) in [6.45, 7) is 8.91. The first-order chi connectivity index (χ1) is 10.1.